The fraction of sp³-hybridized carbons (Fsp3) is 0.200. The highest BCUT2D eigenvalue weighted by Crippen LogP contribution is 2.39. The lowest BCUT2D eigenvalue weighted by Gasteiger charge is -2.22. The van der Waals surface area contributed by atoms with E-state index >= 15 is 0 Å². The van der Waals surface area contributed by atoms with E-state index in [4.69, 9.17) is 11.5 Å². The van der Waals surface area contributed by atoms with Crippen molar-refractivity contribution in [3.8, 4) is 0 Å². The molecule has 0 bridgehead atoms. The number of aromatic nitrogens is 1. The van der Waals surface area contributed by atoms with Crippen LogP contribution in [0.1, 0.15) is 18.1 Å². The summed E-state index contributed by atoms with van der Waals surface area (Å²) in [6.45, 7) is 8.21. The largest absolute Gasteiger partial charge is 0.398 e. The van der Waals surface area contributed by atoms with Gasteiger partial charge in [-0.2, -0.15) is 0 Å². The molecule has 122 valence electrons. The molecule has 0 amide bonds. The molecule has 0 saturated heterocycles. The van der Waals surface area contributed by atoms with Crippen molar-refractivity contribution in [1.29, 1.82) is 0 Å². The summed E-state index contributed by atoms with van der Waals surface area (Å²) in [6.07, 6.45) is 2.43. The van der Waals surface area contributed by atoms with Crippen LogP contribution in [0.15, 0.2) is 45.1 Å². The fourth-order valence-corrected chi connectivity index (χ4v) is 4.14. The van der Waals surface area contributed by atoms with Crippen LogP contribution in [0.2, 0.25) is 0 Å². The number of nitrogens with zero attached hydrogens (tertiary/aromatic N) is 2. The summed E-state index contributed by atoms with van der Waals surface area (Å²) in [5, 5.41) is -0.219. The molecule has 0 spiro atoms. The van der Waals surface area contributed by atoms with Gasteiger partial charge < -0.3 is 11.5 Å². The number of allylic oxidation sites excluding steroid dienone is 4. The molecular formula is C15H17FN4O2S. The number of rotatable bonds is 4. The summed E-state index contributed by atoms with van der Waals surface area (Å²) in [5.41, 5.74) is 13.0. The van der Waals surface area contributed by atoms with E-state index < -0.39 is 15.7 Å². The minimum Gasteiger partial charge on any atom is -0.398 e. The Morgan fingerprint density at radius 1 is 1.48 bits per heavy atom. The van der Waals surface area contributed by atoms with E-state index in [0.29, 0.717) is 5.56 Å². The predicted molar refractivity (Wildman–Crippen MR) is 89.3 cm³/mol. The minimum absolute atomic E-state index is 0.0127. The number of anilines is 2. The van der Waals surface area contributed by atoms with Gasteiger partial charge in [-0.1, -0.05) is 12.7 Å². The fourth-order valence-electron chi connectivity index (χ4n) is 2.51. The van der Waals surface area contributed by atoms with Gasteiger partial charge in [-0.25, -0.2) is 17.8 Å². The van der Waals surface area contributed by atoms with Crippen molar-refractivity contribution in [2.24, 2.45) is 4.99 Å². The Hall–Kier alpha value is -2.48. The molecule has 0 aromatic carbocycles. The van der Waals surface area contributed by atoms with Crippen molar-refractivity contribution < 1.29 is 12.8 Å². The zero-order valence-corrected chi connectivity index (χ0v) is 13.5. The number of sulfone groups is 1. The Balaban J connectivity index is 2.83. The molecule has 0 fully saturated rings. The molecule has 2 rings (SSSR count). The summed E-state index contributed by atoms with van der Waals surface area (Å²) >= 11 is 0. The normalized spacial score (nSPS) is 16.9. The van der Waals surface area contributed by atoms with E-state index in [1.54, 1.807) is 0 Å². The molecule has 1 aliphatic heterocycles. The van der Waals surface area contributed by atoms with Crippen molar-refractivity contribution >= 4 is 28.1 Å². The van der Waals surface area contributed by atoms with E-state index in [-0.39, 0.29) is 45.5 Å². The second-order valence-corrected chi connectivity index (χ2v) is 6.89. The maximum atomic E-state index is 13.3. The van der Waals surface area contributed by atoms with Crippen LogP contribution < -0.4 is 11.5 Å². The Bertz CT molecular complexity index is 866. The highest BCUT2D eigenvalue weighted by Gasteiger charge is 2.34. The van der Waals surface area contributed by atoms with Gasteiger partial charge in [0.25, 0.3) is 0 Å². The zero-order chi connectivity index (χ0) is 17.4. The maximum absolute atomic E-state index is 13.3. The number of hydrogen-bond acceptors (Lipinski definition) is 6. The molecule has 1 aliphatic rings. The molecule has 0 aliphatic carbocycles. The first-order chi connectivity index (χ1) is 10.7. The Morgan fingerprint density at radius 3 is 2.65 bits per heavy atom. The first-order valence-electron chi connectivity index (χ1n) is 6.67. The summed E-state index contributed by atoms with van der Waals surface area (Å²) < 4.78 is 38.7. The van der Waals surface area contributed by atoms with Gasteiger partial charge in [0, 0.05) is 23.2 Å². The average Bonchev–Trinajstić information content (AvgIpc) is 2.44. The predicted octanol–water partition coefficient (Wildman–Crippen LogP) is 2.09. The van der Waals surface area contributed by atoms with Crippen LogP contribution in [0.4, 0.5) is 15.9 Å². The Morgan fingerprint density at radius 2 is 2.13 bits per heavy atom. The van der Waals surface area contributed by atoms with E-state index in [2.05, 4.69) is 23.3 Å². The van der Waals surface area contributed by atoms with Crippen LogP contribution in [0.25, 0.3) is 0 Å². The van der Waals surface area contributed by atoms with Gasteiger partial charge in [0.05, 0.1) is 17.3 Å². The number of halogens is 1. The van der Waals surface area contributed by atoms with Crippen LogP contribution >= 0.6 is 0 Å². The molecule has 0 saturated carbocycles. The monoisotopic (exact) mass is 336 g/mol. The zero-order valence-electron chi connectivity index (χ0n) is 12.6. The molecule has 23 heavy (non-hydrogen) atoms. The third-order valence-electron chi connectivity index (χ3n) is 3.50. The minimum atomic E-state index is -3.97. The van der Waals surface area contributed by atoms with Crippen LogP contribution in [-0.4, -0.2) is 20.1 Å². The average molecular weight is 336 g/mol. The van der Waals surface area contributed by atoms with Crippen molar-refractivity contribution in [2.45, 2.75) is 24.9 Å². The second kappa shape index (κ2) is 5.96. The third-order valence-corrected chi connectivity index (χ3v) is 5.35. The van der Waals surface area contributed by atoms with Gasteiger partial charge in [-0.05, 0) is 25.3 Å². The van der Waals surface area contributed by atoms with E-state index in [1.807, 2.05) is 0 Å². The summed E-state index contributed by atoms with van der Waals surface area (Å²) in [4.78, 5) is 7.60. The molecular weight excluding hydrogens is 319 g/mol. The molecule has 4 N–H and O–H groups in total. The maximum Gasteiger partial charge on any atom is 0.224 e. The molecule has 0 unspecified atom stereocenters. The van der Waals surface area contributed by atoms with E-state index in [1.165, 1.54) is 13.0 Å². The lowest BCUT2D eigenvalue weighted by molar-refractivity contribution is 0.596. The quantitative estimate of drug-likeness (QED) is 0.818. The van der Waals surface area contributed by atoms with Crippen LogP contribution in [0, 0.1) is 0 Å². The molecule has 0 radical (unpaired) electrons. The third kappa shape index (κ3) is 2.77. The summed E-state index contributed by atoms with van der Waals surface area (Å²) in [6, 6.07) is 0. The molecule has 2 heterocycles. The van der Waals surface area contributed by atoms with Gasteiger partial charge in [0.2, 0.25) is 9.84 Å². The van der Waals surface area contributed by atoms with Crippen LogP contribution in [-0.2, 0) is 22.8 Å². The number of nitrogen functional groups attached to an aromatic ring is 2. The number of aliphatic imine (C=N–C) groups is 1. The van der Waals surface area contributed by atoms with Crippen molar-refractivity contribution in [3.63, 3.8) is 0 Å². The van der Waals surface area contributed by atoms with Gasteiger partial charge in [-0.3, -0.25) is 4.99 Å². The summed E-state index contributed by atoms with van der Waals surface area (Å²) in [5.74, 6) is -0.533. The van der Waals surface area contributed by atoms with Crippen molar-refractivity contribution in [3.05, 3.63) is 46.2 Å². The standard InChI is InChI=1S/C15H17FN4O2S/c1-4-12-9(5-8(2)16)6-10-13(17)11(7-19-3)14(18)20-15(10)23(12,21)22/h4-5H,1,3,6-7H2,2H3,(H4,17,18,20)/b8-5+. The highest BCUT2D eigenvalue weighted by atomic mass is 32.2. The number of nitrogens with two attached hydrogens (primary N) is 2. The number of hydrogen-bond donors (Lipinski definition) is 2. The van der Waals surface area contributed by atoms with Gasteiger partial charge >= 0.3 is 0 Å². The molecule has 1 aromatic heterocycles. The highest BCUT2D eigenvalue weighted by molar-refractivity contribution is 7.95. The first-order valence-corrected chi connectivity index (χ1v) is 8.16. The van der Waals surface area contributed by atoms with Gasteiger partial charge in [-0.15, -0.1) is 0 Å². The van der Waals surface area contributed by atoms with Gasteiger partial charge in [0.1, 0.15) is 5.82 Å². The van der Waals surface area contributed by atoms with Gasteiger partial charge in [0.15, 0.2) is 5.03 Å². The first kappa shape index (κ1) is 16.9. The van der Waals surface area contributed by atoms with Crippen LogP contribution in [0.3, 0.4) is 0 Å². The Labute approximate surface area is 134 Å². The van der Waals surface area contributed by atoms with Crippen molar-refractivity contribution in [2.75, 3.05) is 11.5 Å². The molecule has 8 heteroatoms. The molecule has 0 atom stereocenters. The smallest absolute Gasteiger partial charge is 0.224 e. The summed E-state index contributed by atoms with van der Waals surface area (Å²) in [7, 11) is -3.97. The SMILES string of the molecule is C=CC1=C(/C=C(\C)F)Cc2c(nc(N)c(CN=C)c2N)S1(=O)=O. The lowest BCUT2D eigenvalue weighted by atomic mass is 10.0. The lowest BCUT2D eigenvalue weighted by Crippen LogP contribution is -2.21. The number of fused-ring (bicyclic) bond motifs is 1. The van der Waals surface area contributed by atoms with E-state index in [9.17, 15) is 12.8 Å². The van der Waals surface area contributed by atoms with Crippen LogP contribution in [0.5, 0.6) is 0 Å². The molecule has 1 aromatic rings. The molecule has 6 nitrogen and oxygen atoms in total. The topological polar surface area (TPSA) is 111 Å². The van der Waals surface area contributed by atoms with Crippen molar-refractivity contribution in [1.82, 2.24) is 4.98 Å². The second-order valence-electron chi connectivity index (χ2n) is 5.06. The van der Waals surface area contributed by atoms with E-state index in [0.717, 1.165) is 6.08 Å². The number of pyridine rings is 1. The Kier molecular flexibility index (Phi) is 4.37.